The first-order valence-electron chi connectivity index (χ1n) is 9.24. The monoisotopic (exact) mass is 470 g/mol. The molecule has 0 unspecified atom stereocenters. The van der Waals surface area contributed by atoms with E-state index in [1.165, 1.54) is 12.1 Å². The van der Waals surface area contributed by atoms with Gasteiger partial charge in [-0.2, -0.15) is 4.31 Å². The number of benzene rings is 2. The fourth-order valence-electron chi connectivity index (χ4n) is 2.91. The third-order valence-corrected chi connectivity index (χ3v) is 6.27. The Morgan fingerprint density at radius 3 is 2.31 bits per heavy atom. The summed E-state index contributed by atoms with van der Waals surface area (Å²) >= 11 is 0. The van der Waals surface area contributed by atoms with Gasteiger partial charge in [0.25, 0.3) is 0 Å². The van der Waals surface area contributed by atoms with Crippen LogP contribution in [0, 0.1) is 17.5 Å². The SMILES string of the molecule is CCCN(CC(=O)Nc1ccc(F)c(F)c1F)S(=O)(=O)c1ccc2[nH]c(=O)c(=O)[nH]c2c1. The first-order chi connectivity index (χ1) is 15.0. The molecule has 1 heterocycles. The standard InChI is InChI=1S/C19H17F3N4O5S/c1-2-7-26(9-15(27)23-13-6-4-11(20)16(21)17(13)22)32(30,31)10-3-5-12-14(8-10)25-19(29)18(28)24-12/h3-6,8H,2,7,9H2,1H3,(H,23,27)(H,24,28)(H,25,29). The van der Waals surface area contributed by atoms with Crippen LogP contribution in [0.4, 0.5) is 18.9 Å². The summed E-state index contributed by atoms with van der Waals surface area (Å²) in [6.07, 6.45) is 0.323. The minimum absolute atomic E-state index is 0.0560. The minimum Gasteiger partial charge on any atom is -0.322 e. The molecule has 0 saturated heterocycles. The van der Waals surface area contributed by atoms with Gasteiger partial charge in [0.05, 0.1) is 28.2 Å². The zero-order valence-corrected chi connectivity index (χ0v) is 17.4. The molecule has 1 aromatic heterocycles. The van der Waals surface area contributed by atoms with Crippen LogP contribution in [0.1, 0.15) is 13.3 Å². The quantitative estimate of drug-likeness (QED) is 0.357. The molecule has 13 heteroatoms. The topological polar surface area (TPSA) is 132 Å². The molecule has 0 atom stereocenters. The van der Waals surface area contributed by atoms with Crippen LogP contribution in [0.25, 0.3) is 11.0 Å². The minimum atomic E-state index is -4.26. The number of hydrogen-bond donors (Lipinski definition) is 3. The predicted molar refractivity (Wildman–Crippen MR) is 109 cm³/mol. The van der Waals surface area contributed by atoms with Crippen LogP contribution in [0.3, 0.4) is 0 Å². The number of halogens is 3. The second-order valence-electron chi connectivity index (χ2n) is 6.73. The Balaban J connectivity index is 1.90. The summed E-state index contributed by atoms with van der Waals surface area (Å²) < 4.78 is 67.2. The number of aromatic nitrogens is 2. The molecule has 0 radical (unpaired) electrons. The third kappa shape index (κ3) is 4.57. The van der Waals surface area contributed by atoms with Crippen LogP contribution in [0.5, 0.6) is 0 Å². The van der Waals surface area contributed by atoms with Crippen molar-refractivity contribution in [2.24, 2.45) is 0 Å². The number of hydrogen-bond acceptors (Lipinski definition) is 5. The zero-order valence-electron chi connectivity index (χ0n) is 16.5. The van der Waals surface area contributed by atoms with Gasteiger partial charge >= 0.3 is 11.1 Å². The number of H-pyrrole nitrogens is 2. The molecule has 0 bridgehead atoms. The number of sulfonamides is 1. The highest BCUT2D eigenvalue weighted by Crippen LogP contribution is 2.21. The number of rotatable bonds is 7. The molecule has 3 aromatic rings. The lowest BCUT2D eigenvalue weighted by molar-refractivity contribution is -0.116. The molecule has 0 saturated carbocycles. The Morgan fingerprint density at radius 1 is 1.00 bits per heavy atom. The summed E-state index contributed by atoms with van der Waals surface area (Å²) in [6.45, 7) is 0.836. The predicted octanol–water partition coefficient (Wildman–Crippen LogP) is 1.67. The van der Waals surface area contributed by atoms with Gasteiger partial charge in [-0.05, 0) is 36.8 Å². The smallest absolute Gasteiger partial charge is 0.314 e. The van der Waals surface area contributed by atoms with Crippen molar-refractivity contribution in [3.63, 3.8) is 0 Å². The number of anilines is 1. The van der Waals surface area contributed by atoms with E-state index in [1.807, 2.05) is 5.32 Å². The van der Waals surface area contributed by atoms with Crippen LogP contribution in [-0.2, 0) is 14.8 Å². The molecule has 170 valence electrons. The van der Waals surface area contributed by atoms with Gasteiger partial charge in [-0.15, -0.1) is 0 Å². The zero-order chi connectivity index (χ0) is 23.6. The Hall–Kier alpha value is -3.45. The maximum absolute atomic E-state index is 13.8. The Labute approximate surface area is 178 Å². The van der Waals surface area contributed by atoms with E-state index in [-0.39, 0.29) is 22.5 Å². The van der Waals surface area contributed by atoms with E-state index >= 15 is 0 Å². The lowest BCUT2D eigenvalue weighted by Gasteiger charge is -2.21. The summed E-state index contributed by atoms with van der Waals surface area (Å²) in [5, 5.41) is 2.02. The van der Waals surface area contributed by atoms with Crippen LogP contribution >= 0.6 is 0 Å². The number of aromatic amines is 2. The molecule has 1 amide bonds. The van der Waals surface area contributed by atoms with Gasteiger partial charge in [-0.1, -0.05) is 6.92 Å². The van der Waals surface area contributed by atoms with Gasteiger partial charge in [0.2, 0.25) is 15.9 Å². The summed E-state index contributed by atoms with van der Waals surface area (Å²) in [5.41, 5.74) is -2.26. The molecule has 0 aliphatic heterocycles. The number of fused-ring (bicyclic) bond motifs is 1. The average Bonchev–Trinajstić information content (AvgIpc) is 2.74. The highest BCUT2D eigenvalue weighted by molar-refractivity contribution is 7.89. The Morgan fingerprint density at radius 2 is 1.66 bits per heavy atom. The lowest BCUT2D eigenvalue weighted by atomic mass is 10.2. The van der Waals surface area contributed by atoms with Gasteiger partial charge in [-0.25, -0.2) is 21.6 Å². The fourth-order valence-corrected chi connectivity index (χ4v) is 4.42. The van der Waals surface area contributed by atoms with Crippen molar-refractivity contribution in [2.45, 2.75) is 18.2 Å². The van der Waals surface area contributed by atoms with Crippen LogP contribution in [0.2, 0.25) is 0 Å². The van der Waals surface area contributed by atoms with Gasteiger partial charge in [0.15, 0.2) is 17.5 Å². The third-order valence-electron chi connectivity index (χ3n) is 4.43. The van der Waals surface area contributed by atoms with E-state index in [9.17, 15) is 36.0 Å². The van der Waals surface area contributed by atoms with Crippen molar-refractivity contribution in [3.05, 3.63) is 68.5 Å². The summed E-state index contributed by atoms with van der Waals surface area (Å²) in [7, 11) is -4.26. The molecular formula is C19H17F3N4O5S. The molecule has 3 N–H and O–H groups in total. The van der Waals surface area contributed by atoms with Gasteiger partial charge in [0, 0.05) is 6.54 Å². The Kier molecular flexibility index (Phi) is 6.50. The van der Waals surface area contributed by atoms with E-state index < -0.39 is 56.7 Å². The van der Waals surface area contributed by atoms with Crippen LogP contribution in [-0.4, -0.2) is 41.7 Å². The molecule has 32 heavy (non-hydrogen) atoms. The van der Waals surface area contributed by atoms with Crippen molar-refractivity contribution >= 4 is 32.7 Å². The van der Waals surface area contributed by atoms with E-state index in [1.54, 1.807) is 6.92 Å². The maximum Gasteiger partial charge on any atom is 0.314 e. The number of amides is 1. The van der Waals surface area contributed by atoms with Crippen LogP contribution < -0.4 is 16.4 Å². The van der Waals surface area contributed by atoms with Crippen molar-refractivity contribution < 1.29 is 26.4 Å². The maximum atomic E-state index is 13.8. The molecule has 9 nitrogen and oxygen atoms in total. The first kappa shape index (κ1) is 23.2. The van der Waals surface area contributed by atoms with Crippen molar-refractivity contribution in [1.82, 2.24) is 14.3 Å². The highest BCUT2D eigenvalue weighted by Gasteiger charge is 2.27. The normalized spacial score (nSPS) is 11.8. The van der Waals surface area contributed by atoms with Crippen molar-refractivity contribution in [3.8, 4) is 0 Å². The summed E-state index contributed by atoms with van der Waals surface area (Å²) in [6, 6.07) is 5.01. The number of nitrogens with one attached hydrogen (secondary N) is 3. The van der Waals surface area contributed by atoms with Crippen molar-refractivity contribution in [1.29, 1.82) is 0 Å². The number of carbonyl (C=O) groups is 1. The average molecular weight is 470 g/mol. The second kappa shape index (κ2) is 8.96. The molecule has 2 aromatic carbocycles. The highest BCUT2D eigenvalue weighted by atomic mass is 32.2. The number of nitrogens with zero attached hydrogens (tertiary/aromatic N) is 1. The summed E-state index contributed by atoms with van der Waals surface area (Å²) in [5.74, 6) is -5.81. The van der Waals surface area contributed by atoms with Crippen LogP contribution in [0.15, 0.2) is 44.8 Å². The molecule has 3 rings (SSSR count). The fraction of sp³-hybridized carbons (Fsp3) is 0.211. The molecule has 0 aliphatic rings. The summed E-state index contributed by atoms with van der Waals surface area (Å²) in [4.78, 5) is 39.6. The van der Waals surface area contributed by atoms with E-state index in [2.05, 4.69) is 9.97 Å². The Bertz CT molecular complexity index is 1420. The largest absolute Gasteiger partial charge is 0.322 e. The molecule has 0 aliphatic carbocycles. The van der Waals surface area contributed by atoms with E-state index in [0.29, 0.717) is 12.5 Å². The molecule has 0 spiro atoms. The lowest BCUT2D eigenvalue weighted by Crippen LogP contribution is -2.38. The second-order valence-corrected chi connectivity index (χ2v) is 8.66. The molecule has 0 fully saturated rings. The van der Waals surface area contributed by atoms with Crippen molar-refractivity contribution in [2.75, 3.05) is 18.4 Å². The molecular weight excluding hydrogens is 453 g/mol. The van der Waals surface area contributed by atoms with Gasteiger partial charge in [-0.3, -0.25) is 14.4 Å². The number of carbonyl (C=O) groups excluding carboxylic acids is 1. The van der Waals surface area contributed by atoms with E-state index in [0.717, 1.165) is 16.4 Å². The van der Waals surface area contributed by atoms with E-state index in [4.69, 9.17) is 0 Å². The van der Waals surface area contributed by atoms with Gasteiger partial charge < -0.3 is 15.3 Å². The van der Waals surface area contributed by atoms with Gasteiger partial charge in [0.1, 0.15) is 0 Å². The first-order valence-corrected chi connectivity index (χ1v) is 10.7.